The lowest BCUT2D eigenvalue weighted by atomic mass is 9.93. The van der Waals surface area contributed by atoms with Crippen LogP contribution in [0.3, 0.4) is 0 Å². The fraction of sp³-hybridized carbons (Fsp3) is 0.238. The van der Waals surface area contributed by atoms with E-state index in [0.717, 1.165) is 29.3 Å². The van der Waals surface area contributed by atoms with Crippen LogP contribution in [0.2, 0.25) is 0 Å². The fourth-order valence-electron chi connectivity index (χ4n) is 3.91. The number of nitrogens with zero attached hydrogens (tertiary/aromatic N) is 2. The fourth-order valence-corrected chi connectivity index (χ4v) is 3.91. The van der Waals surface area contributed by atoms with Gasteiger partial charge in [0.25, 0.3) is 0 Å². The van der Waals surface area contributed by atoms with Crippen LogP contribution in [0.1, 0.15) is 17.0 Å². The second-order valence-electron chi connectivity index (χ2n) is 6.77. The van der Waals surface area contributed by atoms with Gasteiger partial charge in [0.05, 0.1) is 24.9 Å². The average molecular weight is 344 g/mol. The molecule has 0 spiro atoms. The third-order valence-electron chi connectivity index (χ3n) is 5.16. The summed E-state index contributed by atoms with van der Waals surface area (Å²) in [6.07, 6.45) is 1.65. The van der Waals surface area contributed by atoms with E-state index in [1.165, 1.54) is 11.1 Å². The van der Waals surface area contributed by atoms with Gasteiger partial charge in [-0.3, -0.25) is 0 Å². The van der Waals surface area contributed by atoms with Crippen molar-refractivity contribution in [3.8, 4) is 11.3 Å². The minimum atomic E-state index is 0.167. The highest BCUT2D eigenvalue weighted by Crippen LogP contribution is 2.44. The minimum Gasteiger partial charge on any atom is -0.379 e. The highest BCUT2D eigenvalue weighted by atomic mass is 16.5. The summed E-state index contributed by atoms with van der Waals surface area (Å²) in [5, 5.41) is 7.13. The Morgan fingerprint density at radius 1 is 1.00 bits per heavy atom. The predicted octanol–water partition coefficient (Wildman–Crippen LogP) is 3.66. The lowest BCUT2D eigenvalue weighted by Crippen LogP contribution is -2.32. The Labute approximate surface area is 152 Å². The maximum atomic E-state index is 6.07. The molecule has 130 valence electrons. The zero-order valence-corrected chi connectivity index (χ0v) is 14.4. The molecule has 1 aromatic heterocycles. The van der Waals surface area contributed by atoms with E-state index in [1.807, 2.05) is 18.2 Å². The van der Waals surface area contributed by atoms with Crippen LogP contribution in [-0.2, 0) is 11.3 Å². The molecule has 3 heterocycles. The van der Waals surface area contributed by atoms with Crippen LogP contribution in [0, 0.1) is 0 Å². The number of benzene rings is 2. The van der Waals surface area contributed by atoms with Gasteiger partial charge in [0.2, 0.25) is 0 Å². The number of rotatable bonds is 4. The lowest BCUT2D eigenvalue weighted by molar-refractivity contribution is 0.107. The van der Waals surface area contributed by atoms with Crippen molar-refractivity contribution in [2.75, 3.05) is 23.8 Å². The number of para-hydroxylation sites is 1. The Morgan fingerprint density at radius 3 is 2.77 bits per heavy atom. The Kier molecular flexibility index (Phi) is 3.79. The zero-order valence-electron chi connectivity index (χ0n) is 14.4. The summed E-state index contributed by atoms with van der Waals surface area (Å²) < 4.78 is 6.07. The van der Waals surface area contributed by atoms with E-state index in [9.17, 15) is 0 Å². The topological polar surface area (TPSA) is 59.1 Å². The van der Waals surface area contributed by atoms with Gasteiger partial charge in [-0.25, -0.2) is 9.97 Å². The first-order valence-electron chi connectivity index (χ1n) is 8.96. The van der Waals surface area contributed by atoms with E-state index in [1.54, 1.807) is 6.33 Å². The largest absolute Gasteiger partial charge is 0.379 e. The average Bonchev–Trinajstić information content (AvgIpc) is 3.07. The van der Waals surface area contributed by atoms with Crippen molar-refractivity contribution in [1.29, 1.82) is 0 Å². The highest BCUT2D eigenvalue weighted by Gasteiger charge is 2.37. The quantitative estimate of drug-likeness (QED) is 0.756. The Morgan fingerprint density at radius 2 is 1.85 bits per heavy atom. The molecule has 3 aromatic rings. The minimum absolute atomic E-state index is 0.167. The van der Waals surface area contributed by atoms with Gasteiger partial charge in [0, 0.05) is 29.3 Å². The van der Waals surface area contributed by atoms with E-state index >= 15 is 0 Å². The molecule has 0 radical (unpaired) electrons. The number of anilines is 2. The summed E-state index contributed by atoms with van der Waals surface area (Å²) in [7, 11) is 0. The number of hydrogen-bond acceptors (Lipinski definition) is 5. The molecule has 5 heteroatoms. The lowest BCUT2D eigenvalue weighted by Gasteiger charge is -2.24. The van der Waals surface area contributed by atoms with Gasteiger partial charge in [-0.2, -0.15) is 0 Å². The summed E-state index contributed by atoms with van der Waals surface area (Å²) in [6.45, 7) is 2.09. The molecule has 0 aliphatic carbocycles. The van der Waals surface area contributed by atoms with Crippen molar-refractivity contribution in [3.63, 3.8) is 0 Å². The normalized spacial score (nSPS) is 19.7. The Hall–Kier alpha value is -2.92. The van der Waals surface area contributed by atoms with Crippen LogP contribution < -0.4 is 10.6 Å². The standard InChI is InChI=1S/C21H20N4O/c1-2-6-14(7-3-1)11-26-12-18-16-10-22-21-19(16)20(23-13-24-21)15-8-4-5-9-17(15)25-18/h1-9,13,16,18,25H,10-12H2,(H,22,23,24). The zero-order chi connectivity index (χ0) is 17.3. The molecule has 0 saturated heterocycles. The van der Waals surface area contributed by atoms with Gasteiger partial charge in [-0.1, -0.05) is 48.5 Å². The van der Waals surface area contributed by atoms with Crippen molar-refractivity contribution >= 4 is 11.5 Å². The van der Waals surface area contributed by atoms with Gasteiger partial charge in [0.15, 0.2) is 0 Å². The van der Waals surface area contributed by atoms with Crippen molar-refractivity contribution < 1.29 is 4.74 Å². The van der Waals surface area contributed by atoms with Gasteiger partial charge >= 0.3 is 0 Å². The van der Waals surface area contributed by atoms with Crippen molar-refractivity contribution in [3.05, 3.63) is 72.1 Å². The van der Waals surface area contributed by atoms with E-state index in [-0.39, 0.29) is 12.0 Å². The second kappa shape index (κ2) is 6.42. The molecule has 2 unspecified atom stereocenters. The molecular weight excluding hydrogens is 324 g/mol. The predicted molar refractivity (Wildman–Crippen MR) is 102 cm³/mol. The van der Waals surface area contributed by atoms with Crippen LogP contribution >= 0.6 is 0 Å². The molecule has 0 amide bonds. The maximum Gasteiger partial charge on any atom is 0.133 e. The first-order valence-corrected chi connectivity index (χ1v) is 8.96. The molecule has 5 nitrogen and oxygen atoms in total. The molecule has 0 saturated carbocycles. The van der Waals surface area contributed by atoms with E-state index in [2.05, 4.69) is 57.0 Å². The number of hydrogen-bond donors (Lipinski definition) is 2. The van der Waals surface area contributed by atoms with E-state index in [0.29, 0.717) is 13.2 Å². The molecule has 2 aromatic carbocycles. The van der Waals surface area contributed by atoms with Crippen LogP contribution in [0.15, 0.2) is 60.9 Å². The van der Waals surface area contributed by atoms with Gasteiger partial charge in [0.1, 0.15) is 12.1 Å². The third-order valence-corrected chi connectivity index (χ3v) is 5.16. The summed E-state index contributed by atoms with van der Waals surface area (Å²) in [5.74, 6) is 1.23. The summed E-state index contributed by atoms with van der Waals surface area (Å²) in [5.41, 5.74) is 5.66. The molecule has 5 rings (SSSR count). The van der Waals surface area contributed by atoms with Gasteiger partial charge < -0.3 is 15.4 Å². The number of nitrogens with one attached hydrogen (secondary N) is 2. The summed E-state index contributed by atoms with van der Waals surface area (Å²) in [6, 6.07) is 18.8. The second-order valence-corrected chi connectivity index (χ2v) is 6.77. The van der Waals surface area contributed by atoms with Gasteiger partial charge in [-0.15, -0.1) is 0 Å². The van der Waals surface area contributed by atoms with E-state index < -0.39 is 0 Å². The maximum absolute atomic E-state index is 6.07. The molecule has 2 N–H and O–H groups in total. The Balaban J connectivity index is 1.45. The van der Waals surface area contributed by atoms with Crippen LogP contribution in [0.25, 0.3) is 11.3 Å². The first-order chi connectivity index (χ1) is 12.9. The molecule has 2 aliphatic heterocycles. The first kappa shape index (κ1) is 15.3. The molecule has 26 heavy (non-hydrogen) atoms. The van der Waals surface area contributed by atoms with Crippen LogP contribution in [0.5, 0.6) is 0 Å². The van der Waals surface area contributed by atoms with Crippen molar-refractivity contribution in [2.45, 2.75) is 18.6 Å². The van der Waals surface area contributed by atoms with Crippen LogP contribution in [0.4, 0.5) is 11.5 Å². The highest BCUT2D eigenvalue weighted by molar-refractivity contribution is 5.83. The van der Waals surface area contributed by atoms with E-state index in [4.69, 9.17) is 4.74 Å². The number of ether oxygens (including phenoxy) is 1. The van der Waals surface area contributed by atoms with Gasteiger partial charge in [-0.05, 0) is 11.6 Å². The molecule has 2 aliphatic rings. The van der Waals surface area contributed by atoms with Crippen LogP contribution in [-0.4, -0.2) is 29.2 Å². The number of aromatic nitrogens is 2. The monoisotopic (exact) mass is 344 g/mol. The molecule has 0 fully saturated rings. The number of fused-ring (bicyclic) bond motifs is 2. The smallest absolute Gasteiger partial charge is 0.133 e. The molecule has 2 atom stereocenters. The summed E-state index contributed by atoms with van der Waals surface area (Å²) in [4.78, 5) is 9.04. The third kappa shape index (κ3) is 2.61. The SMILES string of the molecule is c1ccc(COCC2Nc3ccccc3-c3ncnc4c3C2CN4)cc1. The summed E-state index contributed by atoms with van der Waals surface area (Å²) >= 11 is 0. The van der Waals surface area contributed by atoms with Crippen molar-refractivity contribution in [1.82, 2.24) is 9.97 Å². The molecular formula is C21H20N4O. The van der Waals surface area contributed by atoms with Crippen molar-refractivity contribution in [2.24, 2.45) is 0 Å². The molecule has 0 bridgehead atoms. The Bertz CT molecular complexity index is 928.